The van der Waals surface area contributed by atoms with Crippen molar-refractivity contribution >= 4 is 29.4 Å². The van der Waals surface area contributed by atoms with Crippen molar-refractivity contribution < 1.29 is 14.1 Å². The monoisotopic (exact) mass is 290 g/mol. The first-order valence-corrected chi connectivity index (χ1v) is 6.37. The molecule has 0 saturated carbocycles. The Kier molecular flexibility index (Phi) is 3.20. The molecule has 1 amide bonds. The quantitative estimate of drug-likeness (QED) is 0.923. The SMILES string of the molecule is Cc1cc(NC(=O)C2=Cc3cc(Cl)ccc3OC2)no1. The summed E-state index contributed by atoms with van der Waals surface area (Å²) in [6.07, 6.45) is 1.76. The van der Waals surface area contributed by atoms with E-state index < -0.39 is 0 Å². The van der Waals surface area contributed by atoms with Crippen molar-refractivity contribution in [3.05, 3.63) is 46.2 Å². The van der Waals surface area contributed by atoms with Crippen molar-refractivity contribution in [2.75, 3.05) is 11.9 Å². The number of ether oxygens (including phenoxy) is 1. The third kappa shape index (κ3) is 2.53. The molecular formula is C14H11ClN2O3. The Bertz CT molecular complexity index is 706. The molecule has 0 fully saturated rings. The fourth-order valence-corrected chi connectivity index (χ4v) is 2.08. The second kappa shape index (κ2) is 5.02. The first kappa shape index (κ1) is 12.7. The van der Waals surface area contributed by atoms with Crippen molar-refractivity contribution in [3.63, 3.8) is 0 Å². The fourth-order valence-electron chi connectivity index (χ4n) is 1.90. The zero-order valence-corrected chi connectivity index (χ0v) is 11.4. The fraction of sp³-hybridized carbons (Fsp3) is 0.143. The molecule has 0 saturated heterocycles. The summed E-state index contributed by atoms with van der Waals surface area (Å²) >= 11 is 5.93. The summed E-state index contributed by atoms with van der Waals surface area (Å²) in [5.41, 5.74) is 1.28. The minimum atomic E-state index is -0.274. The first-order chi connectivity index (χ1) is 9.61. The predicted molar refractivity (Wildman–Crippen MR) is 74.8 cm³/mol. The largest absolute Gasteiger partial charge is 0.488 e. The lowest BCUT2D eigenvalue weighted by molar-refractivity contribution is -0.113. The van der Waals surface area contributed by atoms with Gasteiger partial charge in [0.25, 0.3) is 5.91 Å². The molecule has 1 N–H and O–H groups in total. The van der Waals surface area contributed by atoms with Gasteiger partial charge in [-0.2, -0.15) is 0 Å². The van der Waals surface area contributed by atoms with E-state index in [9.17, 15) is 4.79 Å². The molecule has 20 heavy (non-hydrogen) atoms. The third-order valence-corrected chi connectivity index (χ3v) is 3.08. The highest BCUT2D eigenvalue weighted by Crippen LogP contribution is 2.29. The molecule has 1 aromatic heterocycles. The van der Waals surface area contributed by atoms with Crippen LogP contribution in [0.15, 0.2) is 34.4 Å². The van der Waals surface area contributed by atoms with Crippen LogP contribution in [0.3, 0.4) is 0 Å². The smallest absolute Gasteiger partial charge is 0.256 e. The molecule has 1 aliphatic rings. The second-order valence-corrected chi connectivity index (χ2v) is 4.85. The molecule has 3 rings (SSSR count). The van der Waals surface area contributed by atoms with Gasteiger partial charge >= 0.3 is 0 Å². The van der Waals surface area contributed by atoms with Crippen molar-refractivity contribution in [3.8, 4) is 5.75 Å². The van der Waals surface area contributed by atoms with Gasteiger partial charge in [-0.05, 0) is 31.2 Å². The summed E-state index contributed by atoms with van der Waals surface area (Å²) in [5.74, 6) is 1.45. The van der Waals surface area contributed by atoms with Crippen molar-refractivity contribution in [1.29, 1.82) is 0 Å². The Morgan fingerprint density at radius 2 is 2.25 bits per heavy atom. The summed E-state index contributed by atoms with van der Waals surface area (Å²) in [6.45, 7) is 1.96. The van der Waals surface area contributed by atoms with Gasteiger partial charge in [-0.15, -0.1) is 0 Å². The number of nitrogens with zero attached hydrogens (tertiary/aromatic N) is 1. The van der Waals surface area contributed by atoms with E-state index in [2.05, 4.69) is 10.5 Å². The number of nitrogens with one attached hydrogen (secondary N) is 1. The topological polar surface area (TPSA) is 64.4 Å². The van der Waals surface area contributed by atoms with Crippen molar-refractivity contribution in [2.24, 2.45) is 0 Å². The molecule has 0 spiro atoms. The van der Waals surface area contributed by atoms with Crippen LogP contribution in [-0.2, 0) is 4.79 Å². The molecule has 0 radical (unpaired) electrons. The summed E-state index contributed by atoms with van der Waals surface area (Å²) < 4.78 is 10.4. The Morgan fingerprint density at radius 1 is 1.40 bits per heavy atom. The summed E-state index contributed by atoms with van der Waals surface area (Å²) in [7, 11) is 0. The van der Waals surface area contributed by atoms with Gasteiger partial charge in [0.15, 0.2) is 5.82 Å². The van der Waals surface area contributed by atoms with Crippen LogP contribution in [0.5, 0.6) is 5.75 Å². The highest BCUT2D eigenvalue weighted by atomic mass is 35.5. The Hall–Kier alpha value is -2.27. The van der Waals surface area contributed by atoms with Gasteiger partial charge in [0.05, 0.1) is 5.57 Å². The molecule has 6 heteroatoms. The van der Waals surface area contributed by atoms with Crippen LogP contribution >= 0.6 is 11.6 Å². The molecule has 1 aliphatic heterocycles. The minimum Gasteiger partial charge on any atom is -0.488 e. The van der Waals surface area contributed by atoms with Gasteiger partial charge in [0.2, 0.25) is 0 Å². The zero-order valence-electron chi connectivity index (χ0n) is 10.6. The first-order valence-electron chi connectivity index (χ1n) is 5.99. The number of benzene rings is 1. The number of halogens is 1. The van der Waals surface area contributed by atoms with Crippen LogP contribution in [0.4, 0.5) is 5.82 Å². The third-order valence-electron chi connectivity index (χ3n) is 2.85. The normalized spacial score (nSPS) is 13.2. The van der Waals surface area contributed by atoms with E-state index in [1.54, 1.807) is 37.3 Å². The van der Waals surface area contributed by atoms with Crippen LogP contribution < -0.4 is 10.1 Å². The van der Waals surface area contributed by atoms with E-state index >= 15 is 0 Å². The zero-order chi connectivity index (χ0) is 14.1. The van der Waals surface area contributed by atoms with E-state index in [1.807, 2.05) is 0 Å². The Labute approximate surface area is 120 Å². The van der Waals surface area contributed by atoms with Crippen LogP contribution in [-0.4, -0.2) is 17.7 Å². The number of anilines is 1. The lowest BCUT2D eigenvalue weighted by Gasteiger charge is -2.17. The molecule has 1 aromatic carbocycles. The molecule has 2 heterocycles. The predicted octanol–water partition coefficient (Wildman–Crippen LogP) is 3.05. The summed E-state index contributed by atoms with van der Waals surface area (Å²) in [4.78, 5) is 12.1. The number of fused-ring (bicyclic) bond motifs is 1. The number of amides is 1. The number of carbonyl (C=O) groups is 1. The van der Waals surface area contributed by atoms with Crippen LogP contribution in [0, 0.1) is 6.92 Å². The number of aryl methyl sites for hydroxylation is 1. The molecule has 0 atom stereocenters. The van der Waals surface area contributed by atoms with Gasteiger partial charge in [-0.1, -0.05) is 16.8 Å². The van der Waals surface area contributed by atoms with Crippen molar-refractivity contribution in [2.45, 2.75) is 6.92 Å². The van der Waals surface area contributed by atoms with Crippen LogP contribution in [0.2, 0.25) is 5.02 Å². The average Bonchev–Trinajstić information content (AvgIpc) is 2.83. The van der Waals surface area contributed by atoms with Crippen LogP contribution in [0.25, 0.3) is 6.08 Å². The molecule has 102 valence electrons. The maximum Gasteiger partial charge on any atom is 0.256 e. The van der Waals surface area contributed by atoms with Crippen molar-refractivity contribution in [1.82, 2.24) is 5.16 Å². The van der Waals surface area contributed by atoms with Gasteiger partial charge in [-0.25, -0.2) is 0 Å². The number of aromatic nitrogens is 1. The molecule has 2 aromatic rings. The second-order valence-electron chi connectivity index (χ2n) is 4.42. The van der Waals surface area contributed by atoms with E-state index in [1.165, 1.54) is 0 Å². The van der Waals surface area contributed by atoms with E-state index in [-0.39, 0.29) is 12.5 Å². The highest BCUT2D eigenvalue weighted by molar-refractivity contribution is 6.30. The van der Waals surface area contributed by atoms with Crippen LogP contribution in [0.1, 0.15) is 11.3 Å². The average molecular weight is 291 g/mol. The maximum atomic E-state index is 12.1. The minimum absolute atomic E-state index is 0.206. The highest BCUT2D eigenvalue weighted by Gasteiger charge is 2.18. The number of hydrogen-bond acceptors (Lipinski definition) is 4. The van der Waals surface area contributed by atoms with Gasteiger partial charge < -0.3 is 14.6 Å². The Morgan fingerprint density at radius 3 is 3.00 bits per heavy atom. The van der Waals surface area contributed by atoms with E-state index in [0.29, 0.717) is 27.9 Å². The van der Waals surface area contributed by atoms with Gasteiger partial charge in [-0.3, -0.25) is 4.79 Å². The van der Waals surface area contributed by atoms with Gasteiger partial charge in [0.1, 0.15) is 18.1 Å². The molecule has 5 nitrogen and oxygen atoms in total. The molecule has 0 bridgehead atoms. The summed E-state index contributed by atoms with van der Waals surface area (Å²) in [5, 5.41) is 6.96. The molecule has 0 unspecified atom stereocenters. The summed E-state index contributed by atoms with van der Waals surface area (Å²) in [6, 6.07) is 6.93. The molecular weight excluding hydrogens is 280 g/mol. The Balaban J connectivity index is 1.82. The standard InChI is InChI=1S/C14H11ClN2O3/c1-8-4-13(17-20-8)16-14(18)10-5-9-6-11(15)2-3-12(9)19-7-10/h2-6H,7H2,1H3,(H,16,17,18). The maximum absolute atomic E-state index is 12.1. The van der Waals surface area contributed by atoms with Gasteiger partial charge in [0, 0.05) is 16.7 Å². The number of rotatable bonds is 2. The number of hydrogen-bond donors (Lipinski definition) is 1. The molecule has 0 aliphatic carbocycles. The lowest BCUT2D eigenvalue weighted by Crippen LogP contribution is -2.21. The van der Waals surface area contributed by atoms with E-state index in [0.717, 1.165) is 5.56 Å². The lowest BCUT2D eigenvalue weighted by atomic mass is 10.1. The van der Waals surface area contributed by atoms with E-state index in [4.69, 9.17) is 20.9 Å². The number of carbonyl (C=O) groups excluding carboxylic acids is 1.